The molecule has 2 aromatic rings. The Hall–Kier alpha value is -2.19. The van der Waals surface area contributed by atoms with Crippen LogP contribution in [0.4, 0.5) is 4.39 Å². The van der Waals surface area contributed by atoms with Gasteiger partial charge in [-0.25, -0.2) is 17.6 Å². The SMILES string of the molecule is CCn1cc(S(=O)(=O)N(C)C(C)c2ccc(F)cc2)cc1C(=O)O. The third-order valence-electron chi connectivity index (χ3n) is 4.01. The Labute approximate surface area is 140 Å². The van der Waals surface area contributed by atoms with E-state index in [9.17, 15) is 17.6 Å². The van der Waals surface area contributed by atoms with Gasteiger partial charge in [0.15, 0.2) is 0 Å². The molecular formula is C16H19FN2O4S. The molecule has 0 aliphatic carbocycles. The summed E-state index contributed by atoms with van der Waals surface area (Å²) in [7, 11) is -2.48. The molecule has 130 valence electrons. The Morgan fingerprint density at radius 3 is 2.38 bits per heavy atom. The summed E-state index contributed by atoms with van der Waals surface area (Å²) in [6.45, 7) is 3.75. The standard InChI is InChI=1S/C16H19FN2O4S/c1-4-19-10-14(9-15(19)16(20)21)24(22,23)18(3)11(2)12-5-7-13(17)8-6-12/h5-11H,4H2,1-3H3,(H,20,21). The first-order valence-corrected chi connectivity index (χ1v) is 8.79. The van der Waals surface area contributed by atoms with Gasteiger partial charge in [-0.05, 0) is 37.6 Å². The number of nitrogens with zero attached hydrogens (tertiary/aromatic N) is 2. The minimum atomic E-state index is -3.89. The number of hydrogen-bond acceptors (Lipinski definition) is 3. The zero-order valence-electron chi connectivity index (χ0n) is 13.6. The molecule has 1 aromatic carbocycles. The Morgan fingerprint density at radius 1 is 1.33 bits per heavy atom. The highest BCUT2D eigenvalue weighted by Gasteiger charge is 2.29. The molecule has 0 aliphatic heterocycles. The largest absolute Gasteiger partial charge is 0.477 e. The van der Waals surface area contributed by atoms with Crippen molar-refractivity contribution in [1.82, 2.24) is 8.87 Å². The van der Waals surface area contributed by atoms with Gasteiger partial charge >= 0.3 is 5.97 Å². The number of aryl methyl sites for hydroxylation is 1. The third kappa shape index (κ3) is 3.34. The fourth-order valence-corrected chi connectivity index (χ4v) is 3.78. The topological polar surface area (TPSA) is 79.6 Å². The zero-order valence-corrected chi connectivity index (χ0v) is 14.4. The molecule has 1 heterocycles. The van der Waals surface area contributed by atoms with Crippen LogP contribution in [0, 0.1) is 5.82 Å². The molecule has 0 saturated heterocycles. The fourth-order valence-electron chi connectivity index (χ4n) is 2.39. The molecule has 0 aliphatic rings. The highest BCUT2D eigenvalue weighted by atomic mass is 32.2. The highest BCUT2D eigenvalue weighted by Crippen LogP contribution is 2.27. The molecule has 0 bridgehead atoms. The van der Waals surface area contributed by atoms with E-state index >= 15 is 0 Å². The Bertz CT molecular complexity index is 843. The van der Waals surface area contributed by atoms with Crippen LogP contribution in [-0.4, -0.2) is 35.4 Å². The third-order valence-corrected chi connectivity index (χ3v) is 5.90. The molecule has 6 nitrogen and oxygen atoms in total. The van der Waals surface area contributed by atoms with Crippen LogP contribution >= 0.6 is 0 Å². The molecular weight excluding hydrogens is 335 g/mol. The first kappa shape index (κ1) is 18.2. The van der Waals surface area contributed by atoms with Crippen molar-refractivity contribution in [3.63, 3.8) is 0 Å². The van der Waals surface area contributed by atoms with Gasteiger partial charge < -0.3 is 9.67 Å². The van der Waals surface area contributed by atoms with Crippen molar-refractivity contribution in [2.45, 2.75) is 31.3 Å². The summed E-state index contributed by atoms with van der Waals surface area (Å²) in [5, 5.41) is 9.16. The van der Waals surface area contributed by atoms with Crippen molar-refractivity contribution < 1.29 is 22.7 Å². The van der Waals surface area contributed by atoms with Gasteiger partial charge in [-0.15, -0.1) is 0 Å². The van der Waals surface area contributed by atoms with Crippen molar-refractivity contribution in [2.75, 3.05) is 7.05 Å². The van der Waals surface area contributed by atoms with Crippen molar-refractivity contribution >= 4 is 16.0 Å². The lowest BCUT2D eigenvalue weighted by atomic mass is 10.1. The summed E-state index contributed by atoms with van der Waals surface area (Å²) in [5.74, 6) is -1.59. The number of carboxylic acid groups (broad SMARTS) is 1. The number of aromatic carboxylic acids is 1. The van der Waals surface area contributed by atoms with Crippen molar-refractivity contribution in [1.29, 1.82) is 0 Å². The molecule has 0 radical (unpaired) electrons. The minimum Gasteiger partial charge on any atom is -0.477 e. The maximum Gasteiger partial charge on any atom is 0.352 e. The van der Waals surface area contributed by atoms with Gasteiger partial charge in [-0.3, -0.25) is 0 Å². The highest BCUT2D eigenvalue weighted by molar-refractivity contribution is 7.89. The van der Waals surface area contributed by atoms with Crippen LogP contribution in [0.5, 0.6) is 0 Å². The molecule has 0 amide bonds. The summed E-state index contributed by atoms with van der Waals surface area (Å²) < 4.78 is 41.1. The second kappa shape index (κ2) is 6.74. The predicted octanol–water partition coefficient (Wildman–Crippen LogP) is 2.73. The second-order valence-electron chi connectivity index (χ2n) is 5.40. The number of hydrogen-bond donors (Lipinski definition) is 1. The molecule has 1 atom stereocenters. The van der Waals surface area contributed by atoms with Gasteiger partial charge in [0, 0.05) is 25.8 Å². The van der Waals surface area contributed by atoms with E-state index in [0.29, 0.717) is 12.1 Å². The maximum absolute atomic E-state index is 13.0. The lowest BCUT2D eigenvalue weighted by molar-refractivity contribution is 0.0685. The molecule has 0 spiro atoms. The first-order valence-electron chi connectivity index (χ1n) is 7.35. The number of rotatable bonds is 6. The van der Waals surface area contributed by atoms with Crippen LogP contribution in [0.1, 0.15) is 35.9 Å². The summed E-state index contributed by atoms with van der Waals surface area (Å²) in [6.07, 6.45) is 1.31. The smallest absolute Gasteiger partial charge is 0.352 e. The molecule has 24 heavy (non-hydrogen) atoms. The van der Waals surface area contributed by atoms with Crippen LogP contribution in [0.2, 0.25) is 0 Å². The Balaban J connectivity index is 2.38. The molecule has 1 aromatic heterocycles. The normalized spacial score (nSPS) is 13.2. The predicted molar refractivity (Wildman–Crippen MR) is 86.8 cm³/mol. The van der Waals surface area contributed by atoms with E-state index in [1.165, 1.54) is 42.1 Å². The number of halogens is 1. The zero-order chi connectivity index (χ0) is 18.1. The van der Waals surface area contributed by atoms with E-state index in [1.54, 1.807) is 13.8 Å². The van der Waals surface area contributed by atoms with Gasteiger partial charge in [0.25, 0.3) is 0 Å². The second-order valence-corrected chi connectivity index (χ2v) is 7.40. The van der Waals surface area contributed by atoms with Gasteiger partial charge in [-0.2, -0.15) is 4.31 Å². The monoisotopic (exact) mass is 354 g/mol. The number of aromatic nitrogens is 1. The van der Waals surface area contributed by atoms with E-state index in [0.717, 1.165) is 10.4 Å². The number of sulfonamides is 1. The lowest BCUT2D eigenvalue weighted by Crippen LogP contribution is -2.29. The van der Waals surface area contributed by atoms with Gasteiger partial charge in [0.2, 0.25) is 10.0 Å². The van der Waals surface area contributed by atoms with Gasteiger partial charge in [-0.1, -0.05) is 12.1 Å². The lowest BCUT2D eigenvalue weighted by Gasteiger charge is -2.24. The minimum absolute atomic E-state index is 0.0843. The van der Waals surface area contributed by atoms with E-state index in [1.807, 2.05) is 0 Å². The van der Waals surface area contributed by atoms with Crippen LogP contribution in [-0.2, 0) is 16.6 Å². The van der Waals surface area contributed by atoms with E-state index in [4.69, 9.17) is 5.11 Å². The number of carbonyl (C=O) groups is 1. The number of benzene rings is 1. The summed E-state index contributed by atoms with van der Waals surface area (Å²) in [5.41, 5.74) is 0.551. The number of carboxylic acids is 1. The summed E-state index contributed by atoms with van der Waals surface area (Å²) >= 11 is 0. The maximum atomic E-state index is 13.0. The van der Waals surface area contributed by atoms with Gasteiger partial charge in [0.1, 0.15) is 16.4 Å². The summed E-state index contributed by atoms with van der Waals surface area (Å²) in [4.78, 5) is 11.1. The molecule has 0 fully saturated rings. The molecule has 8 heteroatoms. The Kier molecular flexibility index (Phi) is 5.10. The fraction of sp³-hybridized carbons (Fsp3) is 0.312. The quantitative estimate of drug-likeness (QED) is 0.865. The van der Waals surface area contributed by atoms with E-state index in [-0.39, 0.29) is 10.6 Å². The van der Waals surface area contributed by atoms with Crippen LogP contribution in [0.15, 0.2) is 41.4 Å². The molecule has 2 rings (SSSR count). The first-order chi connectivity index (χ1) is 11.2. The van der Waals surface area contributed by atoms with Crippen molar-refractivity contribution in [3.8, 4) is 0 Å². The molecule has 1 N–H and O–H groups in total. The van der Waals surface area contributed by atoms with Crippen LogP contribution in [0.25, 0.3) is 0 Å². The van der Waals surface area contributed by atoms with Crippen LogP contribution < -0.4 is 0 Å². The molecule has 0 saturated carbocycles. The van der Waals surface area contributed by atoms with E-state index in [2.05, 4.69) is 0 Å². The van der Waals surface area contributed by atoms with E-state index < -0.39 is 27.9 Å². The summed E-state index contributed by atoms with van der Waals surface area (Å²) in [6, 6.07) is 6.19. The molecule has 1 unspecified atom stereocenters. The van der Waals surface area contributed by atoms with Crippen molar-refractivity contribution in [2.24, 2.45) is 0 Å². The van der Waals surface area contributed by atoms with Gasteiger partial charge in [0.05, 0.1) is 0 Å². The Morgan fingerprint density at radius 2 is 1.92 bits per heavy atom. The average molecular weight is 354 g/mol. The van der Waals surface area contributed by atoms with Crippen LogP contribution in [0.3, 0.4) is 0 Å². The average Bonchev–Trinajstić information content (AvgIpc) is 2.99. The van der Waals surface area contributed by atoms with Crippen molar-refractivity contribution in [3.05, 3.63) is 53.6 Å².